The minimum atomic E-state index is 0.261. The third-order valence-electron chi connectivity index (χ3n) is 5.62. The third-order valence-corrected chi connectivity index (χ3v) is 5.62. The van der Waals surface area contributed by atoms with Gasteiger partial charge in [-0.15, -0.1) is 0 Å². The number of fused-ring (bicyclic) bond motifs is 1. The Morgan fingerprint density at radius 3 is 2.46 bits per heavy atom. The molecule has 0 saturated carbocycles. The summed E-state index contributed by atoms with van der Waals surface area (Å²) in [5.74, 6) is 0.526. The molecule has 0 amide bonds. The first-order chi connectivity index (χ1) is 11.2. The molecule has 0 spiro atoms. The second-order valence-corrected chi connectivity index (χ2v) is 7.49. The highest BCUT2D eigenvalue weighted by Crippen LogP contribution is 2.41. The van der Waals surface area contributed by atoms with Crippen molar-refractivity contribution in [3.8, 4) is 0 Å². The maximum atomic E-state index is 12.5. The Bertz CT molecular complexity index is 908. The Hall–Kier alpha value is -2.09. The molecule has 2 heteroatoms. The number of benzene rings is 1. The van der Waals surface area contributed by atoms with Crippen LogP contribution in [0.2, 0.25) is 0 Å². The summed E-state index contributed by atoms with van der Waals surface area (Å²) in [6, 6.07) is 4.48. The van der Waals surface area contributed by atoms with Gasteiger partial charge in [0.05, 0.1) is 0 Å². The van der Waals surface area contributed by atoms with E-state index in [1.54, 1.807) is 0 Å². The van der Waals surface area contributed by atoms with Crippen LogP contribution in [0.15, 0.2) is 29.9 Å². The van der Waals surface area contributed by atoms with Crippen LogP contribution in [0.5, 0.6) is 0 Å². The SMILES string of the molecule is C=C(C)C1CC(=O)C(C)=C(c2c(C)c3c(C)cc(C)cc3n2C)C1. The molecule has 0 saturated heterocycles. The minimum absolute atomic E-state index is 0.261. The molecule has 126 valence electrons. The lowest BCUT2D eigenvalue weighted by molar-refractivity contribution is -0.116. The molecule has 0 N–H and O–H groups in total. The van der Waals surface area contributed by atoms with Crippen LogP contribution in [-0.2, 0) is 11.8 Å². The zero-order valence-electron chi connectivity index (χ0n) is 15.7. The van der Waals surface area contributed by atoms with Crippen LogP contribution < -0.4 is 0 Å². The predicted molar refractivity (Wildman–Crippen MR) is 102 cm³/mol. The van der Waals surface area contributed by atoms with Gasteiger partial charge in [0, 0.05) is 30.1 Å². The second-order valence-electron chi connectivity index (χ2n) is 7.49. The zero-order chi connectivity index (χ0) is 17.8. The highest BCUT2D eigenvalue weighted by Gasteiger charge is 2.29. The van der Waals surface area contributed by atoms with Gasteiger partial charge in [0.1, 0.15) is 0 Å². The number of nitrogens with zero attached hydrogens (tertiary/aromatic N) is 1. The fourth-order valence-electron chi connectivity index (χ4n) is 4.26. The molecule has 0 fully saturated rings. The predicted octanol–water partition coefficient (Wildman–Crippen LogP) is 5.43. The first-order valence-corrected chi connectivity index (χ1v) is 8.67. The second kappa shape index (κ2) is 5.77. The summed E-state index contributed by atoms with van der Waals surface area (Å²) in [5, 5.41) is 1.32. The number of hydrogen-bond donors (Lipinski definition) is 0. The highest BCUT2D eigenvalue weighted by molar-refractivity contribution is 6.05. The van der Waals surface area contributed by atoms with E-state index >= 15 is 0 Å². The van der Waals surface area contributed by atoms with Crippen molar-refractivity contribution in [1.29, 1.82) is 0 Å². The van der Waals surface area contributed by atoms with Crippen molar-refractivity contribution < 1.29 is 4.79 Å². The molecule has 1 aromatic carbocycles. The molecular formula is C22H27NO. The van der Waals surface area contributed by atoms with Crippen molar-refractivity contribution in [2.75, 3.05) is 0 Å². The van der Waals surface area contributed by atoms with E-state index in [4.69, 9.17) is 0 Å². The minimum Gasteiger partial charge on any atom is -0.344 e. The standard InChI is InChI=1S/C22H27NO/c1-12(2)17-10-18(15(5)20(24)11-17)22-16(6)21-14(4)8-13(3)9-19(21)23(22)7/h8-9,17H,1,10-11H2,2-7H3. The van der Waals surface area contributed by atoms with E-state index in [1.807, 2.05) is 13.8 Å². The topological polar surface area (TPSA) is 22.0 Å². The number of hydrogen-bond acceptors (Lipinski definition) is 1. The normalized spacial score (nSPS) is 18.6. The van der Waals surface area contributed by atoms with Gasteiger partial charge < -0.3 is 4.57 Å². The summed E-state index contributed by atoms with van der Waals surface area (Å²) in [6.45, 7) is 14.6. The lowest BCUT2D eigenvalue weighted by atomic mass is 9.78. The summed E-state index contributed by atoms with van der Waals surface area (Å²) in [5.41, 5.74) is 9.58. The Kier molecular flexibility index (Phi) is 4.03. The van der Waals surface area contributed by atoms with Gasteiger partial charge in [-0.05, 0) is 80.9 Å². The van der Waals surface area contributed by atoms with Crippen LogP contribution in [0, 0.1) is 26.7 Å². The number of ketones is 1. The van der Waals surface area contributed by atoms with Gasteiger partial charge in [-0.3, -0.25) is 4.79 Å². The van der Waals surface area contributed by atoms with Crippen molar-refractivity contribution in [1.82, 2.24) is 4.57 Å². The molecular weight excluding hydrogens is 294 g/mol. The summed E-state index contributed by atoms with van der Waals surface area (Å²) >= 11 is 0. The zero-order valence-corrected chi connectivity index (χ0v) is 15.7. The molecule has 1 aliphatic carbocycles. The van der Waals surface area contributed by atoms with Gasteiger partial charge in [-0.25, -0.2) is 0 Å². The first-order valence-electron chi connectivity index (χ1n) is 8.67. The fraction of sp³-hybridized carbons (Fsp3) is 0.409. The Morgan fingerprint density at radius 1 is 1.17 bits per heavy atom. The summed E-state index contributed by atoms with van der Waals surface area (Å²) < 4.78 is 2.28. The number of carbonyl (C=O) groups is 1. The number of Topliss-reactive ketones (excluding diaryl/α,β-unsaturated/α-hetero) is 1. The average molecular weight is 321 g/mol. The Balaban J connectivity index is 2.29. The number of allylic oxidation sites excluding steroid dienone is 3. The summed E-state index contributed by atoms with van der Waals surface area (Å²) in [7, 11) is 2.12. The monoisotopic (exact) mass is 321 g/mol. The van der Waals surface area contributed by atoms with Gasteiger partial charge >= 0.3 is 0 Å². The van der Waals surface area contributed by atoms with Crippen molar-refractivity contribution in [2.24, 2.45) is 13.0 Å². The fourth-order valence-corrected chi connectivity index (χ4v) is 4.26. The molecule has 0 aliphatic heterocycles. The lowest BCUT2D eigenvalue weighted by Gasteiger charge is -2.26. The summed E-state index contributed by atoms with van der Waals surface area (Å²) in [4.78, 5) is 12.5. The average Bonchev–Trinajstić information content (AvgIpc) is 2.73. The van der Waals surface area contributed by atoms with Crippen LogP contribution in [-0.4, -0.2) is 10.4 Å². The van der Waals surface area contributed by atoms with E-state index in [9.17, 15) is 4.79 Å². The largest absolute Gasteiger partial charge is 0.344 e. The van der Waals surface area contributed by atoms with E-state index in [0.717, 1.165) is 17.6 Å². The molecule has 0 bridgehead atoms. The van der Waals surface area contributed by atoms with Gasteiger partial charge in [0.15, 0.2) is 5.78 Å². The van der Waals surface area contributed by atoms with Crippen LogP contribution >= 0.6 is 0 Å². The van der Waals surface area contributed by atoms with Crippen LogP contribution in [0.1, 0.15) is 49.1 Å². The van der Waals surface area contributed by atoms with E-state index < -0.39 is 0 Å². The molecule has 2 nitrogen and oxygen atoms in total. The highest BCUT2D eigenvalue weighted by atomic mass is 16.1. The number of aryl methyl sites for hydroxylation is 4. The van der Waals surface area contributed by atoms with E-state index in [2.05, 4.69) is 51.1 Å². The van der Waals surface area contributed by atoms with Crippen molar-refractivity contribution in [3.05, 3.63) is 52.2 Å². The molecule has 24 heavy (non-hydrogen) atoms. The van der Waals surface area contributed by atoms with E-state index in [1.165, 1.54) is 38.9 Å². The van der Waals surface area contributed by atoms with Crippen LogP contribution in [0.3, 0.4) is 0 Å². The Labute approximate surface area is 144 Å². The molecule has 1 aromatic heterocycles. The van der Waals surface area contributed by atoms with E-state index in [0.29, 0.717) is 6.42 Å². The van der Waals surface area contributed by atoms with E-state index in [-0.39, 0.29) is 11.7 Å². The molecule has 0 radical (unpaired) electrons. The van der Waals surface area contributed by atoms with Gasteiger partial charge in [0.2, 0.25) is 0 Å². The van der Waals surface area contributed by atoms with Crippen molar-refractivity contribution in [3.63, 3.8) is 0 Å². The van der Waals surface area contributed by atoms with Crippen LogP contribution in [0.4, 0.5) is 0 Å². The third kappa shape index (κ3) is 2.45. The number of carbonyl (C=O) groups excluding carboxylic acids is 1. The van der Waals surface area contributed by atoms with Crippen molar-refractivity contribution >= 4 is 22.3 Å². The lowest BCUT2D eigenvalue weighted by Crippen LogP contribution is -2.19. The quantitative estimate of drug-likeness (QED) is 0.676. The van der Waals surface area contributed by atoms with Crippen molar-refractivity contribution in [2.45, 2.75) is 47.5 Å². The number of aromatic nitrogens is 1. The summed E-state index contributed by atoms with van der Waals surface area (Å²) in [6.07, 6.45) is 1.52. The molecule has 1 unspecified atom stereocenters. The molecule has 1 heterocycles. The molecule has 2 aromatic rings. The molecule has 1 atom stereocenters. The maximum Gasteiger partial charge on any atom is 0.159 e. The van der Waals surface area contributed by atoms with Gasteiger partial charge in [0.25, 0.3) is 0 Å². The molecule has 3 rings (SSSR count). The van der Waals surface area contributed by atoms with Gasteiger partial charge in [-0.2, -0.15) is 0 Å². The first kappa shape index (κ1) is 16.8. The maximum absolute atomic E-state index is 12.5. The van der Waals surface area contributed by atoms with Crippen LogP contribution in [0.25, 0.3) is 16.5 Å². The molecule has 1 aliphatic rings. The van der Waals surface area contributed by atoms with Gasteiger partial charge in [-0.1, -0.05) is 18.2 Å². The Morgan fingerprint density at radius 2 is 1.83 bits per heavy atom. The number of rotatable bonds is 2. The smallest absolute Gasteiger partial charge is 0.159 e.